The number of nitrogens with zero attached hydrogens (tertiary/aromatic N) is 1. The van der Waals surface area contributed by atoms with E-state index < -0.39 is 11.8 Å². The molecule has 25 heavy (non-hydrogen) atoms. The van der Waals surface area contributed by atoms with Crippen LogP contribution in [0.2, 0.25) is 0 Å². The summed E-state index contributed by atoms with van der Waals surface area (Å²) in [6, 6.07) is 10.1. The van der Waals surface area contributed by atoms with Gasteiger partial charge in [-0.3, -0.25) is 9.69 Å². The smallest absolute Gasteiger partial charge is 0.233 e. The van der Waals surface area contributed by atoms with E-state index in [0.29, 0.717) is 11.8 Å². The maximum Gasteiger partial charge on any atom is 0.233 e. The second-order valence-electron chi connectivity index (χ2n) is 8.78. The van der Waals surface area contributed by atoms with Gasteiger partial charge in [-0.25, -0.2) is 0 Å². The summed E-state index contributed by atoms with van der Waals surface area (Å²) in [5.41, 5.74) is 0.465. The Morgan fingerprint density at radius 3 is 2.60 bits per heavy atom. The molecule has 1 aromatic carbocycles. The summed E-state index contributed by atoms with van der Waals surface area (Å²) in [6.45, 7) is 0. The molecule has 3 saturated carbocycles. The number of benzene rings is 1. The molecular weight excluding hydrogens is 314 g/mol. The van der Waals surface area contributed by atoms with Gasteiger partial charge in [-0.2, -0.15) is 0 Å². The Bertz CT molecular complexity index is 715. The van der Waals surface area contributed by atoms with E-state index in [9.17, 15) is 9.90 Å². The van der Waals surface area contributed by atoms with E-state index in [0.717, 1.165) is 24.9 Å². The third-order valence-corrected chi connectivity index (χ3v) is 7.91. The van der Waals surface area contributed by atoms with Crippen molar-refractivity contribution in [2.75, 3.05) is 4.90 Å². The normalized spacial score (nSPS) is 47.9. The molecule has 132 valence electrons. The summed E-state index contributed by atoms with van der Waals surface area (Å²) < 4.78 is 6.76. The van der Waals surface area contributed by atoms with Crippen LogP contribution in [-0.2, 0) is 9.53 Å². The fraction of sp³-hybridized carbons (Fsp3) is 0.667. The van der Waals surface area contributed by atoms with Crippen LogP contribution < -0.4 is 4.90 Å². The lowest BCUT2D eigenvalue weighted by Gasteiger charge is -2.45. The van der Waals surface area contributed by atoms with Gasteiger partial charge in [0, 0.05) is 17.5 Å². The highest BCUT2D eigenvalue weighted by atomic mass is 16.6. The summed E-state index contributed by atoms with van der Waals surface area (Å²) >= 11 is 0. The minimum absolute atomic E-state index is 0.0408. The highest BCUT2D eigenvalue weighted by Crippen LogP contribution is 2.70. The molecule has 2 heterocycles. The van der Waals surface area contributed by atoms with Crippen LogP contribution in [0.4, 0.5) is 5.69 Å². The third-order valence-electron chi connectivity index (χ3n) is 7.91. The van der Waals surface area contributed by atoms with Crippen molar-refractivity contribution in [3.05, 3.63) is 30.3 Å². The number of rotatable bonds is 2. The minimum Gasteiger partial charge on any atom is -0.390 e. The fourth-order valence-electron chi connectivity index (χ4n) is 7.18. The van der Waals surface area contributed by atoms with Crippen LogP contribution in [0.3, 0.4) is 0 Å². The molecule has 5 fully saturated rings. The summed E-state index contributed by atoms with van der Waals surface area (Å²) in [5.74, 6) is 1.31. The molecule has 1 amide bonds. The molecule has 1 aromatic rings. The van der Waals surface area contributed by atoms with Gasteiger partial charge < -0.3 is 9.84 Å². The lowest BCUT2D eigenvalue weighted by molar-refractivity contribution is -0.140. The van der Waals surface area contributed by atoms with Crippen LogP contribution >= 0.6 is 0 Å². The zero-order valence-electron chi connectivity index (χ0n) is 14.4. The zero-order valence-corrected chi connectivity index (χ0v) is 14.4. The van der Waals surface area contributed by atoms with Crippen LogP contribution in [0.15, 0.2) is 30.3 Å². The minimum atomic E-state index is -0.509. The maximum absolute atomic E-state index is 13.5. The van der Waals surface area contributed by atoms with Gasteiger partial charge in [0.05, 0.1) is 18.1 Å². The Labute approximate surface area is 148 Å². The first-order valence-electron chi connectivity index (χ1n) is 9.98. The largest absolute Gasteiger partial charge is 0.390 e. The number of carbonyl (C=O) groups is 1. The lowest BCUT2D eigenvalue weighted by atomic mass is 9.70. The Kier molecular flexibility index (Phi) is 2.87. The van der Waals surface area contributed by atoms with Gasteiger partial charge in [-0.1, -0.05) is 37.5 Å². The van der Waals surface area contributed by atoms with E-state index in [4.69, 9.17) is 4.74 Å². The number of anilines is 1. The van der Waals surface area contributed by atoms with Gasteiger partial charge in [0.25, 0.3) is 0 Å². The molecule has 4 nitrogen and oxygen atoms in total. The molecule has 3 aliphatic carbocycles. The first kappa shape index (κ1) is 14.7. The van der Waals surface area contributed by atoms with Gasteiger partial charge in [0.2, 0.25) is 5.91 Å². The van der Waals surface area contributed by atoms with E-state index in [-0.39, 0.29) is 29.8 Å². The molecule has 5 aliphatic rings. The molecule has 2 aliphatic heterocycles. The van der Waals surface area contributed by atoms with Crippen molar-refractivity contribution in [3.63, 3.8) is 0 Å². The molecule has 0 radical (unpaired) electrons. The second-order valence-corrected chi connectivity index (χ2v) is 8.78. The van der Waals surface area contributed by atoms with Gasteiger partial charge in [0.1, 0.15) is 0 Å². The monoisotopic (exact) mass is 339 g/mol. The number of fused-ring (bicyclic) bond motifs is 2. The molecule has 2 bridgehead atoms. The number of carbonyl (C=O) groups excluding carboxylic acids is 1. The summed E-state index contributed by atoms with van der Waals surface area (Å²) in [4.78, 5) is 15.6. The quantitative estimate of drug-likeness (QED) is 0.901. The molecular formula is C21H25NO3. The summed E-state index contributed by atoms with van der Waals surface area (Å²) in [7, 11) is 0. The van der Waals surface area contributed by atoms with Crippen molar-refractivity contribution in [1.29, 1.82) is 0 Å². The van der Waals surface area contributed by atoms with Gasteiger partial charge in [-0.15, -0.1) is 0 Å². The molecule has 7 atom stereocenters. The number of ether oxygens (including phenoxy) is 1. The zero-order chi connectivity index (χ0) is 16.8. The van der Waals surface area contributed by atoms with Crippen molar-refractivity contribution in [1.82, 2.24) is 0 Å². The number of aliphatic hydroxyl groups is 1. The van der Waals surface area contributed by atoms with Gasteiger partial charge in [0.15, 0.2) is 5.72 Å². The number of hydrogen-bond donors (Lipinski definition) is 1. The second kappa shape index (κ2) is 4.86. The van der Waals surface area contributed by atoms with Crippen molar-refractivity contribution in [3.8, 4) is 0 Å². The van der Waals surface area contributed by atoms with Crippen molar-refractivity contribution < 1.29 is 14.6 Å². The van der Waals surface area contributed by atoms with Crippen molar-refractivity contribution >= 4 is 11.6 Å². The molecule has 0 spiro atoms. The van der Waals surface area contributed by atoms with Gasteiger partial charge in [-0.05, 0) is 43.2 Å². The predicted octanol–water partition coefficient (Wildman–Crippen LogP) is 2.95. The standard InChI is InChI=1S/C21H25NO3/c23-18-14-11-15-17-16(14)20(24)22(13-9-5-2-6-10-13)21(17,25-19(15)18)12-7-3-1-4-8-12/h2,5-6,9-10,12,14-19,23H,1,3-4,7-8,11H2. The number of para-hydroxylation sites is 1. The molecule has 2 saturated heterocycles. The highest BCUT2D eigenvalue weighted by molar-refractivity contribution is 6.00. The summed E-state index contributed by atoms with van der Waals surface area (Å²) in [5, 5.41) is 10.7. The van der Waals surface area contributed by atoms with E-state index >= 15 is 0 Å². The van der Waals surface area contributed by atoms with Crippen LogP contribution in [0.25, 0.3) is 0 Å². The van der Waals surface area contributed by atoms with Crippen molar-refractivity contribution in [2.45, 2.75) is 56.5 Å². The topological polar surface area (TPSA) is 49.8 Å². The average molecular weight is 339 g/mol. The van der Waals surface area contributed by atoms with E-state index in [1.807, 2.05) is 35.2 Å². The molecule has 0 aromatic heterocycles. The Balaban J connectivity index is 1.54. The van der Waals surface area contributed by atoms with Crippen LogP contribution in [-0.4, -0.2) is 28.9 Å². The summed E-state index contributed by atoms with van der Waals surface area (Å²) in [6.07, 6.45) is 6.49. The Morgan fingerprint density at radius 1 is 1.08 bits per heavy atom. The first-order chi connectivity index (χ1) is 12.2. The molecule has 6 rings (SSSR count). The average Bonchev–Trinajstić information content (AvgIpc) is 3.32. The third kappa shape index (κ3) is 1.59. The van der Waals surface area contributed by atoms with E-state index in [1.54, 1.807) is 0 Å². The fourth-order valence-corrected chi connectivity index (χ4v) is 7.18. The number of aliphatic hydroxyl groups excluding tert-OH is 1. The van der Waals surface area contributed by atoms with Gasteiger partial charge >= 0.3 is 0 Å². The highest BCUT2D eigenvalue weighted by Gasteiger charge is 2.79. The lowest BCUT2D eigenvalue weighted by Crippen LogP contribution is -2.56. The van der Waals surface area contributed by atoms with E-state index in [2.05, 4.69) is 0 Å². The maximum atomic E-state index is 13.5. The van der Waals surface area contributed by atoms with E-state index in [1.165, 1.54) is 19.3 Å². The number of hydrogen-bond acceptors (Lipinski definition) is 3. The van der Waals surface area contributed by atoms with Crippen molar-refractivity contribution in [2.24, 2.45) is 29.6 Å². The molecule has 4 heteroatoms. The van der Waals surface area contributed by atoms with Crippen LogP contribution in [0.5, 0.6) is 0 Å². The van der Waals surface area contributed by atoms with Crippen LogP contribution in [0, 0.1) is 29.6 Å². The molecule has 7 unspecified atom stereocenters. The Hall–Kier alpha value is -1.39. The molecule has 1 N–H and O–H groups in total. The Morgan fingerprint density at radius 2 is 1.84 bits per heavy atom. The first-order valence-corrected chi connectivity index (χ1v) is 9.98. The SMILES string of the molecule is O=C1C2C3CC4C(OC(C5CCCCC5)(C42)N1c1ccccc1)C3O. The predicted molar refractivity (Wildman–Crippen MR) is 92.7 cm³/mol. The number of amides is 1. The van der Waals surface area contributed by atoms with Crippen LogP contribution in [0.1, 0.15) is 38.5 Å².